The van der Waals surface area contributed by atoms with Crippen LogP contribution in [0.25, 0.3) is 5.82 Å². The van der Waals surface area contributed by atoms with Gasteiger partial charge in [-0.2, -0.15) is 5.10 Å². The molecule has 4 aromatic rings. The van der Waals surface area contributed by atoms with Gasteiger partial charge in [0.05, 0.1) is 16.5 Å². The molecule has 1 unspecified atom stereocenters. The molecule has 1 saturated heterocycles. The smallest absolute Gasteiger partial charge is 0.263 e. The molecule has 1 fully saturated rings. The molecule has 0 radical (unpaired) electrons. The summed E-state index contributed by atoms with van der Waals surface area (Å²) in [4.78, 5) is 23.5. The van der Waals surface area contributed by atoms with Crippen LogP contribution in [0.15, 0.2) is 53.4 Å². The second-order valence-corrected chi connectivity index (χ2v) is 11.6. The fourth-order valence-electron chi connectivity index (χ4n) is 4.79. The number of anilines is 3. The summed E-state index contributed by atoms with van der Waals surface area (Å²) in [5.74, 6) is 1.65. The van der Waals surface area contributed by atoms with Gasteiger partial charge in [0.15, 0.2) is 11.6 Å². The van der Waals surface area contributed by atoms with Crippen molar-refractivity contribution in [2.75, 3.05) is 28.0 Å². The van der Waals surface area contributed by atoms with Crippen LogP contribution in [0.3, 0.4) is 0 Å². The van der Waals surface area contributed by atoms with Gasteiger partial charge >= 0.3 is 0 Å². The molecule has 1 aliphatic rings. The molecule has 1 aromatic carbocycles. The summed E-state index contributed by atoms with van der Waals surface area (Å²) < 4.78 is 29.9. The number of sulfonamides is 1. The monoisotopic (exact) mass is 561 g/mol. The van der Waals surface area contributed by atoms with Crippen LogP contribution in [0.2, 0.25) is 0 Å². The molecule has 0 bridgehead atoms. The molecular formula is C27H31N9O3S. The number of amides is 1. The zero-order valence-corrected chi connectivity index (χ0v) is 23.6. The lowest BCUT2D eigenvalue weighted by Crippen LogP contribution is -2.41. The van der Waals surface area contributed by atoms with Gasteiger partial charge < -0.3 is 10.2 Å². The summed E-state index contributed by atoms with van der Waals surface area (Å²) >= 11 is 0. The summed E-state index contributed by atoms with van der Waals surface area (Å²) in [6.45, 7) is 8.65. The molecule has 1 aliphatic heterocycles. The van der Waals surface area contributed by atoms with Gasteiger partial charge in [0.1, 0.15) is 11.6 Å². The maximum atomic E-state index is 13.1. The van der Waals surface area contributed by atoms with Crippen molar-refractivity contribution in [3.8, 4) is 5.82 Å². The first-order valence-corrected chi connectivity index (χ1v) is 14.4. The Morgan fingerprint density at radius 3 is 2.30 bits per heavy atom. The molecule has 40 heavy (non-hydrogen) atoms. The number of benzene rings is 1. The van der Waals surface area contributed by atoms with Gasteiger partial charge in [0.2, 0.25) is 5.91 Å². The molecule has 2 N–H and O–H groups in total. The van der Waals surface area contributed by atoms with E-state index in [1.54, 1.807) is 36.7 Å². The number of aromatic nitrogens is 6. The Morgan fingerprint density at radius 1 is 0.925 bits per heavy atom. The Kier molecular flexibility index (Phi) is 7.48. The van der Waals surface area contributed by atoms with Crippen LogP contribution < -0.4 is 14.9 Å². The van der Waals surface area contributed by atoms with Crippen molar-refractivity contribution in [2.24, 2.45) is 5.92 Å². The van der Waals surface area contributed by atoms with E-state index in [4.69, 9.17) is 0 Å². The Balaban J connectivity index is 1.21. The van der Waals surface area contributed by atoms with E-state index in [0.717, 1.165) is 30.8 Å². The number of nitrogens with one attached hydrogen (secondary N) is 2. The van der Waals surface area contributed by atoms with Gasteiger partial charge in [-0.15, -0.1) is 10.2 Å². The highest BCUT2D eigenvalue weighted by Crippen LogP contribution is 2.24. The minimum Gasteiger partial charge on any atom is -0.354 e. The average molecular weight is 562 g/mol. The lowest BCUT2D eigenvalue weighted by Gasteiger charge is -2.32. The summed E-state index contributed by atoms with van der Waals surface area (Å²) in [5.41, 5.74) is 3.07. The normalized spacial score (nSPS) is 15.6. The Bertz CT molecular complexity index is 1610. The van der Waals surface area contributed by atoms with Crippen molar-refractivity contribution in [1.82, 2.24) is 29.9 Å². The largest absolute Gasteiger partial charge is 0.354 e. The quantitative estimate of drug-likeness (QED) is 0.347. The first kappa shape index (κ1) is 27.2. The minimum atomic E-state index is -3.85. The molecule has 13 heteroatoms. The van der Waals surface area contributed by atoms with Crippen LogP contribution in [0.5, 0.6) is 0 Å². The number of aryl methyl sites for hydroxylation is 4. The maximum absolute atomic E-state index is 13.1. The number of piperidine rings is 1. The molecule has 0 saturated carbocycles. The summed E-state index contributed by atoms with van der Waals surface area (Å²) in [6, 6.07) is 13.4. The van der Waals surface area contributed by atoms with Crippen molar-refractivity contribution in [3.63, 3.8) is 0 Å². The standard InChI is InChI=1S/C27H31N9O3S/c1-17-15-24(29-20(4)28-17)34-40(38,39)23-9-7-22(8-10-23)30-27(37)21-6-5-13-35(16-21)25-11-12-26(32-31-25)36-19(3)14-18(2)33-36/h7-12,14-15,21H,5-6,13,16H2,1-4H3,(H,30,37)(H,28,29,34). The Morgan fingerprint density at radius 2 is 1.65 bits per heavy atom. The van der Waals surface area contributed by atoms with Gasteiger partial charge in [0, 0.05) is 36.2 Å². The summed E-state index contributed by atoms with van der Waals surface area (Å²) in [5, 5.41) is 16.1. The Labute approximate surface area is 232 Å². The maximum Gasteiger partial charge on any atom is 0.263 e. The molecule has 208 valence electrons. The average Bonchev–Trinajstić information content (AvgIpc) is 3.26. The highest BCUT2D eigenvalue weighted by atomic mass is 32.2. The third kappa shape index (κ3) is 6.09. The molecule has 3 aromatic heterocycles. The summed E-state index contributed by atoms with van der Waals surface area (Å²) in [7, 11) is -3.85. The highest BCUT2D eigenvalue weighted by molar-refractivity contribution is 7.92. The zero-order valence-electron chi connectivity index (χ0n) is 22.8. The number of nitrogens with zero attached hydrogens (tertiary/aromatic N) is 7. The molecule has 5 rings (SSSR count). The summed E-state index contributed by atoms with van der Waals surface area (Å²) in [6.07, 6.45) is 1.58. The number of hydrogen-bond donors (Lipinski definition) is 2. The molecule has 4 heterocycles. The first-order chi connectivity index (χ1) is 19.1. The van der Waals surface area contributed by atoms with Crippen molar-refractivity contribution in [1.29, 1.82) is 0 Å². The van der Waals surface area contributed by atoms with E-state index >= 15 is 0 Å². The van der Waals surface area contributed by atoms with Crippen molar-refractivity contribution < 1.29 is 13.2 Å². The van der Waals surface area contributed by atoms with Crippen molar-refractivity contribution in [2.45, 2.75) is 45.4 Å². The molecule has 0 spiro atoms. The highest BCUT2D eigenvalue weighted by Gasteiger charge is 2.27. The second kappa shape index (κ2) is 11.0. The van der Waals surface area contributed by atoms with E-state index in [-0.39, 0.29) is 22.5 Å². The van der Waals surface area contributed by atoms with Crippen LogP contribution in [-0.4, -0.2) is 57.4 Å². The van der Waals surface area contributed by atoms with Crippen LogP contribution in [0.1, 0.15) is 35.7 Å². The van der Waals surface area contributed by atoms with Gasteiger partial charge in [-0.3, -0.25) is 9.52 Å². The van der Waals surface area contributed by atoms with E-state index in [2.05, 4.69) is 40.2 Å². The third-order valence-electron chi connectivity index (χ3n) is 6.62. The molecular weight excluding hydrogens is 530 g/mol. The van der Waals surface area contributed by atoms with Crippen LogP contribution >= 0.6 is 0 Å². The fraction of sp³-hybridized carbons (Fsp3) is 0.333. The molecule has 1 amide bonds. The second-order valence-electron chi connectivity index (χ2n) is 9.93. The lowest BCUT2D eigenvalue weighted by molar-refractivity contribution is -0.120. The van der Waals surface area contributed by atoms with Gasteiger partial charge in [-0.05, 0) is 83.0 Å². The van der Waals surface area contributed by atoms with E-state index < -0.39 is 10.0 Å². The molecule has 1 atom stereocenters. The molecule has 0 aliphatic carbocycles. The number of carbonyl (C=O) groups excluding carboxylic acids is 1. The topological polar surface area (TPSA) is 148 Å². The fourth-order valence-corrected chi connectivity index (χ4v) is 5.78. The predicted octanol–water partition coefficient (Wildman–Crippen LogP) is 3.34. The third-order valence-corrected chi connectivity index (χ3v) is 7.99. The van der Waals surface area contributed by atoms with Crippen LogP contribution in [0.4, 0.5) is 17.3 Å². The van der Waals surface area contributed by atoms with Gasteiger partial charge in [0.25, 0.3) is 10.0 Å². The Hall–Kier alpha value is -4.39. The van der Waals surface area contributed by atoms with Crippen molar-refractivity contribution >= 4 is 33.3 Å². The van der Waals surface area contributed by atoms with Crippen LogP contribution in [-0.2, 0) is 14.8 Å². The molecule has 12 nitrogen and oxygen atoms in total. The SMILES string of the molecule is Cc1cc(NS(=O)(=O)c2ccc(NC(=O)C3CCCN(c4ccc(-n5nc(C)cc5C)nn4)C3)cc2)nc(C)n1. The van der Waals surface area contributed by atoms with Crippen molar-refractivity contribution in [3.05, 3.63) is 71.4 Å². The predicted molar refractivity (Wildman–Crippen MR) is 151 cm³/mol. The van der Waals surface area contributed by atoms with Crippen LogP contribution in [0, 0.1) is 33.6 Å². The number of hydrogen-bond acceptors (Lipinski definition) is 9. The first-order valence-electron chi connectivity index (χ1n) is 13.0. The zero-order chi connectivity index (χ0) is 28.4. The van der Waals surface area contributed by atoms with E-state index in [0.29, 0.717) is 35.4 Å². The van der Waals surface area contributed by atoms with Gasteiger partial charge in [-0.25, -0.2) is 23.1 Å². The van der Waals surface area contributed by atoms with E-state index in [1.165, 1.54) is 12.1 Å². The van der Waals surface area contributed by atoms with E-state index in [9.17, 15) is 13.2 Å². The van der Waals surface area contributed by atoms with Gasteiger partial charge in [-0.1, -0.05) is 0 Å². The minimum absolute atomic E-state index is 0.0609. The van der Waals surface area contributed by atoms with E-state index in [1.807, 2.05) is 32.0 Å². The number of rotatable bonds is 7. The lowest BCUT2D eigenvalue weighted by atomic mass is 9.97. The number of carbonyl (C=O) groups is 1.